The quantitative estimate of drug-likeness (QED) is 0.326. The first-order valence-corrected chi connectivity index (χ1v) is 10.1. The van der Waals surface area contributed by atoms with E-state index in [0.717, 1.165) is 0 Å². The van der Waals surface area contributed by atoms with Crippen molar-refractivity contribution < 1.29 is 39.6 Å². The smallest absolute Gasteiger partial charge is 0.230 e. The van der Waals surface area contributed by atoms with E-state index in [2.05, 4.69) is 6.58 Å². The number of hydrogen-bond acceptors (Lipinski definition) is 9. The zero-order valence-corrected chi connectivity index (χ0v) is 17.4. The average Bonchev–Trinajstić information content (AvgIpc) is 2.70. The van der Waals surface area contributed by atoms with E-state index < -0.39 is 76.5 Å². The van der Waals surface area contributed by atoms with Crippen LogP contribution in [0.4, 0.5) is 0 Å². The Morgan fingerprint density at radius 3 is 2.31 bits per heavy atom. The molecule has 2 saturated carbocycles. The second kappa shape index (κ2) is 7.04. The van der Waals surface area contributed by atoms with Crippen LogP contribution in [0.25, 0.3) is 5.57 Å². The Balaban J connectivity index is 1.96. The number of nitrogens with zero attached hydrogens (tertiary/aromatic N) is 1. The Kier molecular flexibility index (Phi) is 4.90. The van der Waals surface area contributed by atoms with Gasteiger partial charge < -0.3 is 31.1 Å². The summed E-state index contributed by atoms with van der Waals surface area (Å²) in [4.78, 5) is 53.4. The lowest BCUT2D eigenvalue weighted by molar-refractivity contribution is -0.204. The topological polar surface area (TPSA) is 178 Å². The van der Waals surface area contributed by atoms with Gasteiger partial charge in [-0.1, -0.05) is 18.7 Å². The van der Waals surface area contributed by atoms with Gasteiger partial charge in [-0.05, 0) is 31.3 Å². The number of aromatic hydroxyl groups is 1. The monoisotopic (exact) mass is 444 g/mol. The van der Waals surface area contributed by atoms with Gasteiger partial charge in [-0.15, -0.1) is 0 Å². The van der Waals surface area contributed by atoms with Crippen LogP contribution in [-0.2, 0) is 14.4 Å². The Hall–Kier alpha value is -2.92. The lowest BCUT2D eigenvalue weighted by atomic mass is 9.50. The van der Waals surface area contributed by atoms with E-state index in [1.807, 2.05) is 0 Å². The van der Waals surface area contributed by atoms with E-state index in [1.54, 1.807) is 0 Å². The Bertz CT molecular complexity index is 1080. The number of Topliss-reactive ketones (excluding diaryl/α,β-unsaturated/α-hetero) is 3. The van der Waals surface area contributed by atoms with Gasteiger partial charge in [0.25, 0.3) is 0 Å². The van der Waals surface area contributed by atoms with Gasteiger partial charge in [-0.3, -0.25) is 19.2 Å². The van der Waals surface area contributed by atoms with Gasteiger partial charge in [0.15, 0.2) is 23.0 Å². The summed E-state index contributed by atoms with van der Waals surface area (Å²) in [6.45, 7) is 3.92. The Morgan fingerprint density at radius 1 is 1.12 bits per heavy atom. The number of aliphatic hydroxyl groups is 3. The molecule has 4 rings (SSSR count). The standard InChI is InChI=1S/C22H24N2O8/c1-7-8-5-4-6-9(25)11(8)16(26)12-10(7)17(27)14-15(24(2)3)18(28)13(21(23)31)20(30)22(14,32)19(12)29/h4-6,10,12-15,17-18,25,27-28,32H,1H2,2-3H3,(H2,23,31)/t10?,12?,13?,14?,15-,17?,18?,22?/m0/s1. The van der Waals surface area contributed by atoms with Crippen LogP contribution in [0, 0.1) is 23.7 Å². The van der Waals surface area contributed by atoms with Gasteiger partial charge in [-0.2, -0.15) is 0 Å². The maximum absolute atomic E-state index is 13.6. The lowest BCUT2D eigenvalue weighted by Gasteiger charge is -2.57. The number of phenolic OH excluding ortho intramolecular Hbond substituents is 1. The van der Waals surface area contributed by atoms with E-state index in [-0.39, 0.29) is 16.7 Å². The SMILES string of the molecule is C=C1c2cccc(O)c2C(=O)C2C(=O)C3(O)C(=O)C(C(N)=O)C(O)[C@@H](N(C)C)C3C(O)C12. The lowest BCUT2D eigenvalue weighted by Crippen LogP contribution is -2.78. The predicted molar refractivity (Wildman–Crippen MR) is 109 cm³/mol. The number of phenols is 1. The molecule has 0 bridgehead atoms. The van der Waals surface area contributed by atoms with Crippen molar-refractivity contribution in [2.24, 2.45) is 29.4 Å². The third-order valence-corrected chi connectivity index (χ3v) is 7.18. The number of rotatable bonds is 2. The van der Waals surface area contributed by atoms with Crippen LogP contribution in [0.2, 0.25) is 0 Å². The normalized spacial score (nSPS) is 38.9. The first-order chi connectivity index (χ1) is 14.9. The molecule has 3 aliphatic carbocycles. The van der Waals surface area contributed by atoms with Crippen molar-refractivity contribution >= 4 is 28.8 Å². The van der Waals surface area contributed by atoms with E-state index in [9.17, 15) is 39.6 Å². The molecule has 0 saturated heterocycles. The molecule has 10 heteroatoms. The first-order valence-electron chi connectivity index (χ1n) is 10.1. The summed E-state index contributed by atoms with van der Waals surface area (Å²) in [5, 5.41) is 43.8. The van der Waals surface area contributed by atoms with Crippen LogP contribution in [0.15, 0.2) is 24.8 Å². The molecule has 32 heavy (non-hydrogen) atoms. The molecule has 1 aromatic carbocycles. The molecule has 0 heterocycles. The largest absolute Gasteiger partial charge is 0.507 e. The first kappa shape index (κ1) is 22.3. The van der Waals surface area contributed by atoms with E-state index in [4.69, 9.17) is 5.73 Å². The molecule has 0 spiro atoms. The minimum absolute atomic E-state index is 0.180. The van der Waals surface area contributed by atoms with Crippen LogP contribution in [0.1, 0.15) is 15.9 Å². The highest BCUT2D eigenvalue weighted by molar-refractivity contribution is 6.27. The van der Waals surface area contributed by atoms with Crippen LogP contribution < -0.4 is 5.73 Å². The third kappa shape index (κ3) is 2.54. The second-order valence-corrected chi connectivity index (χ2v) is 8.93. The van der Waals surface area contributed by atoms with Crippen molar-refractivity contribution in [1.82, 2.24) is 4.90 Å². The molecular formula is C22H24N2O8. The summed E-state index contributed by atoms with van der Waals surface area (Å²) >= 11 is 0. The number of carbonyl (C=O) groups is 4. The fraction of sp³-hybridized carbons (Fsp3) is 0.455. The molecule has 1 amide bonds. The van der Waals surface area contributed by atoms with E-state index >= 15 is 0 Å². The number of aliphatic hydroxyl groups excluding tert-OH is 2. The second-order valence-electron chi connectivity index (χ2n) is 8.93. The van der Waals surface area contributed by atoms with Crippen LogP contribution in [0.5, 0.6) is 5.75 Å². The maximum atomic E-state index is 13.6. The zero-order valence-electron chi connectivity index (χ0n) is 17.4. The molecule has 2 fully saturated rings. The minimum atomic E-state index is -2.95. The van der Waals surface area contributed by atoms with Crippen LogP contribution >= 0.6 is 0 Å². The van der Waals surface area contributed by atoms with Crippen molar-refractivity contribution in [3.63, 3.8) is 0 Å². The molecule has 6 N–H and O–H groups in total. The highest BCUT2D eigenvalue weighted by Crippen LogP contribution is 2.54. The molecule has 0 radical (unpaired) electrons. The average molecular weight is 444 g/mol. The summed E-state index contributed by atoms with van der Waals surface area (Å²) in [6, 6.07) is 3.02. The minimum Gasteiger partial charge on any atom is -0.507 e. The molecule has 0 aliphatic heterocycles. The zero-order chi connectivity index (χ0) is 23.9. The molecule has 1 aromatic rings. The fourth-order valence-electron chi connectivity index (χ4n) is 5.78. The molecule has 7 unspecified atom stereocenters. The van der Waals surface area contributed by atoms with Crippen LogP contribution in [-0.4, -0.2) is 86.5 Å². The van der Waals surface area contributed by atoms with Gasteiger partial charge >= 0.3 is 0 Å². The number of likely N-dealkylation sites (N-methyl/N-ethyl adjacent to an activating group) is 1. The van der Waals surface area contributed by atoms with Crippen molar-refractivity contribution in [3.05, 3.63) is 35.9 Å². The van der Waals surface area contributed by atoms with Gasteiger partial charge in [-0.25, -0.2) is 0 Å². The highest BCUT2D eigenvalue weighted by atomic mass is 16.3. The van der Waals surface area contributed by atoms with Crippen molar-refractivity contribution in [3.8, 4) is 5.75 Å². The van der Waals surface area contributed by atoms with Gasteiger partial charge in [0.2, 0.25) is 5.91 Å². The van der Waals surface area contributed by atoms with Gasteiger partial charge in [0.05, 0.1) is 23.7 Å². The van der Waals surface area contributed by atoms with Crippen molar-refractivity contribution in [1.29, 1.82) is 0 Å². The fourth-order valence-corrected chi connectivity index (χ4v) is 5.78. The molecule has 0 aromatic heterocycles. The van der Waals surface area contributed by atoms with Crippen molar-refractivity contribution in [2.45, 2.75) is 23.9 Å². The number of nitrogens with two attached hydrogens (primary N) is 1. The van der Waals surface area contributed by atoms with Crippen molar-refractivity contribution in [2.75, 3.05) is 14.1 Å². The summed E-state index contributed by atoms with van der Waals surface area (Å²) in [6.07, 6.45) is -3.36. The molecule has 8 atom stereocenters. The number of fused-ring (bicyclic) bond motifs is 3. The molecular weight excluding hydrogens is 420 g/mol. The molecule has 170 valence electrons. The predicted octanol–water partition coefficient (Wildman–Crippen LogP) is -1.90. The Labute approximate surface area is 182 Å². The van der Waals surface area contributed by atoms with E-state index in [0.29, 0.717) is 0 Å². The number of carbonyl (C=O) groups excluding carboxylic acids is 4. The number of hydrogen-bond donors (Lipinski definition) is 5. The summed E-state index contributed by atoms with van der Waals surface area (Å²) in [5.74, 6) is -11.5. The third-order valence-electron chi connectivity index (χ3n) is 7.18. The summed E-state index contributed by atoms with van der Waals surface area (Å²) in [5.41, 5.74) is 2.58. The number of amides is 1. The number of ketones is 3. The number of primary amides is 1. The highest BCUT2D eigenvalue weighted by Gasteiger charge is 2.72. The summed E-state index contributed by atoms with van der Waals surface area (Å²) < 4.78 is 0. The Morgan fingerprint density at radius 2 is 1.75 bits per heavy atom. The van der Waals surface area contributed by atoms with Gasteiger partial charge in [0.1, 0.15) is 11.7 Å². The number of benzene rings is 1. The van der Waals surface area contributed by atoms with Gasteiger partial charge in [0, 0.05) is 17.9 Å². The maximum Gasteiger partial charge on any atom is 0.230 e. The summed E-state index contributed by atoms with van der Waals surface area (Å²) in [7, 11) is 2.97. The molecule has 10 nitrogen and oxygen atoms in total. The van der Waals surface area contributed by atoms with Crippen LogP contribution in [0.3, 0.4) is 0 Å². The van der Waals surface area contributed by atoms with E-state index in [1.165, 1.54) is 37.2 Å². The molecule has 3 aliphatic rings.